The molecule has 4 heteroatoms. The highest BCUT2D eigenvalue weighted by atomic mass is 79.9. The lowest BCUT2D eigenvalue weighted by Crippen LogP contribution is -2.37. The first-order valence-corrected chi connectivity index (χ1v) is 6.56. The lowest BCUT2D eigenvalue weighted by molar-refractivity contribution is 0.0705. The van der Waals surface area contributed by atoms with Crippen LogP contribution < -0.4 is 0 Å². The molecule has 0 aromatic heterocycles. The highest BCUT2D eigenvalue weighted by Crippen LogP contribution is 2.25. The van der Waals surface area contributed by atoms with Gasteiger partial charge in [-0.25, -0.2) is 0 Å². The molecule has 0 unspecified atom stereocenters. The van der Waals surface area contributed by atoms with Crippen LogP contribution >= 0.6 is 15.9 Å². The van der Waals surface area contributed by atoms with Gasteiger partial charge in [0.25, 0.3) is 5.91 Å². The second-order valence-electron chi connectivity index (χ2n) is 4.26. The summed E-state index contributed by atoms with van der Waals surface area (Å²) in [5, 5.41) is 9.58. The molecular weight excluding hydrogens is 282 g/mol. The highest BCUT2D eigenvalue weighted by molar-refractivity contribution is 9.10. The number of aromatic hydroxyl groups is 1. The Morgan fingerprint density at radius 1 is 1.47 bits per heavy atom. The van der Waals surface area contributed by atoms with Gasteiger partial charge in [0, 0.05) is 18.2 Å². The first-order chi connectivity index (χ1) is 7.97. The van der Waals surface area contributed by atoms with E-state index in [4.69, 9.17) is 0 Å². The first-order valence-electron chi connectivity index (χ1n) is 5.76. The maximum atomic E-state index is 12.2. The van der Waals surface area contributed by atoms with Crippen molar-refractivity contribution in [3.05, 3.63) is 28.2 Å². The van der Waals surface area contributed by atoms with Gasteiger partial charge < -0.3 is 10.0 Å². The molecule has 0 saturated heterocycles. The van der Waals surface area contributed by atoms with Gasteiger partial charge in [0.2, 0.25) is 0 Å². The lowest BCUT2D eigenvalue weighted by atomic mass is 10.1. The number of rotatable bonds is 4. The number of carbonyl (C=O) groups is 1. The molecule has 0 spiro atoms. The number of nitrogens with zero attached hydrogens (tertiary/aromatic N) is 1. The molecule has 0 heterocycles. The molecule has 1 amide bonds. The molecule has 0 aliphatic rings. The zero-order valence-corrected chi connectivity index (χ0v) is 12.0. The molecule has 0 saturated carbocycles. The number of hydrogen-bond donors (Lipinski definition) is 1. The van der Waals surface area contributed by atoms with Gasteiger partial charge in [-0.2, -0.15) is 0 Å². The monoisotopic (exact) mass is 299 g/mol. The first kappa shape index (κ1) is 14.0. The molecule has 0 atom stereocenters. The molecule has 0 fully saturated rings. The number of phenolic OH excluding ortho intramolecular Hbond substituents is 1. The van der Waals surface area contributed by atoms with Crippen LogP contribution in [0.15, 0.2) is 22.7 Å². The summed E-state index contributed by atoms with van der Waals surface area (Å²) in [6, 6.07) is 5.06. The largest absolute Gasteiger partial charge is 0.507 e. The van der Waals surface area contributed by atoms with Crippen molar-refractivity contribution in [3.8, 4) is 5.75 Å². The average molecular weight is 300 g/mol. The minimum Gasteiger partial charge on any atom is -0.507 e. The Kier molecular flexibility index (Phi) is 5.00. The van der Waals surface area contributed by atoms with Crippen LogP contribution in [0.4, 0.5) is 0 Å². The Balaban J connectivity index is 2.97. The predicted octanol–water partition coefficient (Wildman–Crippen LogP) is 3.42. The summed E-state index contributed by atoms with van der Waals surface area (Å²) in [6.07, 6.45) is 0.923. The summed E-state index contributed by atoms with van der Waals surface area (Å²) in [4.78, 5) is 14.0. The van der Waals surface area contributed by atoms with Crippen molar-refractivity contribution in [3.63, 3.8) is 0 Å². The Morgan fingerprint density at radius 2 is 2.12 bits per heavy atom. The minimum atomic E-state index is -0.0374. The van der Waals surface area contributed by atoms with E-state index in [0.29, 0.717) is 10.0 Å². The minimum absolute atomic E-state index is 0.0374. The maximum absolute atomic E-state index is 12.2. The standard InChI is InChI=1S/C13H18BrNO2/c1-4-7-15(9(2)3)13(17)10-5-6-11(14)12(16)8-10/h5-6,8-9,16H,4,7H2,1-3H3. The van der Waals surface area contributed by atoms with E-state index in [1.54, 1.807) is 12.1 Å². The fourth-order valence-electron chi connectivity index (χ4n) is 1.65. The second kappa shape index (κ2) is 6.05. The van der Waals surface area contributed by atoms with E-state index in [2.05, 4.69) is 15.9 Å². The summed E-state index contributed by atoms with van der Waals surface area (Å²) in [5.41, 5.74) is 0.521. The van der Waals surface area contributed by atoms with Gasteiger partial charge in [-0.1, -0.05) is 6.92 Å². The summed E-state index contributed by atoms with van der Waals surface area (Å²) in [6.45, 7) is 6.76. The number of amides is 1. The van der Waals surface area contributed by atoms with Crippen molar-refractivity contribution >= 4 is 21.8 Å². The van der Waals surface area contributed by atoms with Gasteiger partial charge in [0.05, 0.1) is 4.47 Å². The highest BCUT2D eigenvalue weighted by Gasteiger charge is 2.18. The third-order valence-corrected chi connectivity index (χ3v) is 3.21. The molecule has 0 radical (unpaired) electrons. The van der Waals surface area contributed by atoms with E-state index >= 15 is 0 Å². The molecular formula is C13H18BrNO2. The third-order valence-electron chi connectivity index (χ3n) is 2.54. The second-order valence-corrected chi connectivity index (χ2v) is 5.11. The molecule has 1 aromatic carbocycles. The Hall–Kier alpha value is -1.03. The normalized spacial score (nSPS) is 10.6. The zero-order valence-electron chi connectivity index (χ0n) is 10.4. The van der Waals surface area contributed by atoms with E-state index in [1.807, 2.05) is 25.7 Å². The molecule has 0 aliphatic heterocycles. The van der Waals surface area contributed by atoms with Crippen molar-refractivity contribution in [2.24, 2.45) is 0 Å². The van der Waals surface area contributed by atoms with E-state index in [-0.39, 0.29) is 17.7 Å². The van der Waals surface area contributed by atoms with Crippen molar-refractivity contribution in [1.29, 1.82) is 0 Å². The van der Waals surface area contributed by atoms with E-state index in [0.717, 1.165) is 13.0 Å². The molecule has 3 nitrogen and oxygen atoms in total. The number of halogens is 1. The summed E-state index contributed by atoms with van der Waals surface area (Å²) >= 11 is 3.20. The van der Waals surface area contributed by atoms with Gasteiger partial charge >= 0.3 is 0 Å². The maximum Gasteiger partial charge on any atom is 0.254 e. The van der Waals surface area contributed by atoms with Gasteiger partial charge in [-0.15, -0.1) is 0 Å². The van der Waals surface area contributed by atoms with Gasteiger partial charge in [-0.05, 0) is 54.4 Å². The lowest BCUT2D eigenvalue weighted by Gasteiger charge is -2.26. The smallest absolute Gasteiger partial charge is 0.254 e. The fraction of sp³-hybridized carbons (Fsp3) is 0.462. The average Bonchev–Trinajstić information content (AvgIpc) is 2.28. The zero-order chi connectivity index (χ0) is 13.0. The van der Waals surface area contributed by atoms with Crippen LogP contribution in [0.2, 0.25) is 0 Å². The van der Waals surface area contributed by atoms with E-state index < -0.39 is 0 Å². The molecule has 94 valence electrons. The Labute approximate surface area is 111 Å². The van der Waals surface area contributed by atoms with Crippen molar-refractivity contribution in [2.75, 3.05) is 6.54 Å². The molecule has 1 N–H and O–H groups in total. The van der Waals surface area contributed by atoms with Gasteiger partial charge in [-0.3, -0.25) is 4.79 Å². The molecule has 0 bridgehead atoms. The molecule has 0 aliphatic carbocycles. The van der Waals surface area contributed by atoms with Crippen LogP contribution in [-0.2, 0) is 0 Å². The summed E-state index contributed by atoms with van der Waals surface area (Å²) in [7, 11) is 0. The van der Waals surface area contributed by atoms with E-state index in [1.165, 1.54) is 6.07 Å². The van der Waals surface area contributed by atoms with E-state index in [9.17, 15) is 9.90 Å². The quantitative estimate of drug-likeness (QED) is 0.925. The van der Waals surface area contributed by atoms with Crippen molar-refractivity contribution in [1.82, 2.24) is 4.90 Å². The molecule has 1 aromatic rings. The predicted molar refractivity (Wildman–Crippen MR) is 72.3 cm³/mol. The fourth-order valence-corrected chi connectivity index (χ4v) is 1.89. The molecule has 1 rings (SSSR count). The van der Waals surface area contributed by atoms with Crippen molar-refractivity contribution in [2.45, 2.75) is 33.2 Å². The molecule has 17 heavy (non-hydrogen) atoms. The summed E-state index contributed by atoms with van der Waals surface area (Å²) in [5.74, 6) is 0.0562. The number of hydrogen-bond acceptors (Lipinski definition) is 2. The summed E-state index contributed by atoms with van der Waals surface area (Å²) < 4.78 is 0.598. The van der Waals surface area contributed by atoms with Crippen LogP contribution in [0.1, 0.15) is 37.6 Å². The van der Waals surface area contributed by atoms with Gasteiger partial charge in [0.15, 0.2) is 0 Å². The Morgan fingerprint density at radius 3 is 2.59 bits per heavy atom. The third kappa shape index (κ3) is 3.46. The number of carbonyl (C=O) groups excluding carboxylic acids is 1. The van der Waals surface area contributed by atoms with Crippen LogP contribution in [0.3, 0.4) is 0 Å². The number of benzene rings is 1. The number of phenols is 1. The van der Waals surface area contributed by atoms with Crippen LogP contribution in [0, 0.1) is 0 Å². The van der Waals surface area contributed by atoms with Crippen LogP contribution in [0.25, 0.3) is 0 Å². The van der Waals surface area contributed by atoms with Gasteiger partial charge in [0.1, 0.15) is 5.75 Å². The van der Waals surface area contributed by atoms with Crippen molar-refractivity contribution < 1.29 is 9.90 Å². The Bertz CT molecular complexity index is 404. The SMILES string of the molecule is CCCN(C(=O)c1ccc(Br)c(O)c1)C(C)C. The topological polar surface area (TPSA) is 40.5 Å². The van der Waals surface area contributed by atoms with Crippen LogP contribution in [-0.4, -0.2) is 28.5 Å². The van der Waals surface area contributed by atoms with Crippen LogP contribution in [0.5, 0.6) is 5.75 Å².